The Morgan fingerprint density at radius 1 is 1.35 bits per heavy atom. The molecule has 0 bridgehead atoms. The second kappa shape index (κ2) is 9.55. The van der Waals surface area contributed by atoms with E-state index in [1.807, 2.05) is 17.0 Å². The molecule has 2 aliphatic heterocycles. The van der Waals surface area contributed by atoms with Gasteiger partial charge in [-0.15, -0.1) is 0 Å². The molecule has 0 saturated carbocycles. The van der Waals surface area contributed by atoms with Crippen molar-refractivity contribution in [1.82, 2.24) is 15.3 Å². The van der Waals surface area contributed by atoms with Gasteiger partial charge < -0.3 is 25.6 Å². The zero-order valence-corrected chi connectivity index (χ0v) is 19.6. The van der Waals surface area contributed by atoms with Gasteiger partial charge in [0.2, 0.25) is 0 Å². The molecule has 1 fully saturated rings. The lowest BCUT2D eigenvalue weighted by molar-refractivity contribution is 0.158. The van der Waals surface area contributed by atoms with Crippen molar-refractivity contribution in [2.24, 2.45) is 5.41 Å². The van der Waals surface area contributed by atoms with Gasteiger partial charge in [-0.25, -0.2) is 14.8 Å². The monoisotopic (exact) mass is 462 g/mol. The molecule has 178 valence electrons. The molecule has 0 unspecified atom stereocenters. The third-order valence-corrected chi connectivity index (χ3v) is 6.75. The van der Waals surface area contributed by atoms with Gasteiger partial charge in [-0.2, -0.15) is 5.26 Å². The summed E-state index contributed by atoms with van der Waals surface area (Å²) in [6.45, 7) is 4.94. The lowest BCUT2D eigenvalue weighted by Gasteiger charge is -2.39. The molecule has 2 aromatic rings. The number of methoxy groups -OCH3 is 1. The minimum atomic E-state index is -0.415. The highest BCUT2D eigenvalue weighted by atomic mass is 16.5. The zero-order chi connectivity index (χ0) is 24.3. The van der Waals surface area contributed by atoms with E-state index in [0.717, 1.165) is 50.0 Å². The van der Waals surface area contributed by atoms with Crippen LogP contribution in [0.2, 0.25) is 0 Å². The molecular formula is C24H30N8O2. The number of aromatic nitrogens is 2. The Balaban J connectivity index is 1.45. The minimum Gasteiger partial charge on any atom is -0.453 e. The molecule has 1 aromatic carbocycles. The van der Waals surface area contributed by atoms with Gasteiger partial charge in [0.05, 0.1) is 24.9 Å². The largest absolute Gasteiger partial charge is 0.453 e. The van der Waals surface area contributed by atoms with Crippen LogP contribution in [0.3, 0.4) is 0 Å². The summed E-state index contributed by atoms with van der Waals surface area (Å²) < 4.78 is 4.67. The van der Waals surface area contributed by atoms with Crippen molar-refractivity contribution >= 4 is 29.3 Å². The standard InChI is InChI=1S/C24H30N8O2/c1-24(15-29-23(33)34-2)7-10-31(11-8-24)19-14-28-20(21(26)30-19)22(27)32-9-3-4-17-12-16(13-25)5-6-18(17)32/h5-6,12,14,27H,3-4,7-11,15H2,1-2H3,(H2,26,30)(H,29,33). The quantitative estimate of drug-likeness (QED) is 0.465. The maximum absolute atomic E-state index is 11.4. The van der Waals surface area contributed by atoms with Crippen molar-refractivity contribution in [3.05, 3.63) is 41.2 Å². The molecule has 3 heterocycles. The molecule has 2 aliphatic rings. The van der Waals surface area contributed by atoms with Crippen molar-refractivity contribution in [3.8, 4) is 6.07 Å². The van der Waals surface area contributed by atoms with Gasteiger partial charge in [-0.3, -0.25) is 5.41 Å². The smallest absolute Gasteiger partial charge is 0.406 e. The molecule has 0 spiro atoms. The number of rotatable bonds is 4. The maximum atomic E-state index is 11.4. The number of nitrogen functional groups attached to an aromatic ring is 1. The summed E-state index contributed by atoms with van der Waals surface area (Å²) in [6, 6.07) is 7.72. The van der Waals surface area contributed by atoms with Gasteiger partial charge in [0.1, 0.15) is 11.5 Å². The van der Waals surface area contributed by atoms with Crippen LogP contribution in [0.4, 0.5) is 22.1 Å². The van der Waals surface area contributed by atoms with E-state index in [1.165, 1.54) is 7.11 Å². The lowest BCUT2D eigenvalue weighted by atomic mass is 9.80. The third-order valence-electron chi connectivity index (χ3n) is 6.75. The Morgan fingerprint density at radius 3 is 2.79 bits per heavy atom. The first kappa shape index (κ1) is 23.3. The van der Waals surface area contributed by atoms with Crippen molar-refractivity contribution in [3.63, 3.8) is 0 Å². The number of ether oxygens (including phenoxy) is 1. The van der Waals surface area contributed by atoms with Crippen LogP contribution in [-0.2, 0) is 11.2 Å². The second-order valence-corrected chi connectivity index (χ2v) is 9.16. The van der Waals surface area contributed by atoms with E-state index >= 15 is 0 Å². The fraction of sp³-hybridized carbons (Fsp3) is 0.458. The third kappa shape index (κ3) is 4.73. The number of nitriles is 1. The van der Waals surface area contributed by atoms with Crippen molar-refractivity contribution in [1.29, 1.82) is 10.7 Å². The molecule has 1 saturated heterocycles. The lowest BCUT2D eigenvalue weighted by Crippen LogP contribution is -2.45. The van der Waals surface area contributed by atoms with Gasteiger partial charge in [-0.05, 0) is 54.9 Å². The number of hydrogen-bond donors (Lipinski definition) is 3. The van der Waals surface area contributed by atoms with E-state index in [4.69, 9.17) is 11.1 Å². The molecular weight excluding hydrogens is 432 g/mol. The highest BCUT2D eigenvalue weighted by Crippen LogP contribution is 2.33. The number of anilines is 3. The highest BCUT2D eigenvalue weighted by Gasteiger charge is 2.32. The molecule has 1 aromatic heterocycles. The van der Waals surface area contributed by atoms with Crippen LogP contribution in [0.5, 0.6) is 0 Å². The highest BCUT2D eigenvalue weighted by molar-refractivity contribution is 6.09. The number of nitrogens with zero attached hydrogens (tertiary/aromatic N) is 5. The summed E-state index contributed by atoms with van der Waals surface area (Å²) in [4.78, 5) is 24.5. The summed E-state index contributed by atoms with van der Waals surface area (Å²) in [5.41, 5.74) is 9.20. The normalized spacial score (nSPS) is 16.9. The summed E-state index contributed by atoms with van der Waals surface area (Å²) in [6.07, 6.45) is 4.78. The van der Waals surface area contributed by atoms with Crippen LogP contribution in [0.15, 0.2) is 24.4 Å². The zero-order valence-electron chi connectivity index (χ0n) is 19.6. The number of amidine groups is 1. The van der Waals surface area contributed by atoms with E-state index in [2.05, 4.69) is 37.9 Å². The first-order valence-electron chi connectivity index (χ1n) is 11.4. The van der Waals surface area contributed by atoms with E-state index in [1.54, 1.807) is 12.3 Å². The Kier molecular flexibility index (Phi) is 6.54. The van der Waals surface area contributed by atoms with E-state index < -0.39 is 6.09 Å². The number of hydrogen-bond acceptors (Lipinski definition) is 8. The number of alkyl carbamates (subject to hydrolysis) is 1. The van der Waals surface area contributed by atoms with Crippen molar-refractivity contribution < 1.29 is 9.53 Å². The number of amides is 1. The minimum absolute atomic E-state index is 0.0151. The van der Waals surface area contributed by atoms with E-state index in [-0.39, 0.29) is 17.1 Å². The van der Waals surface area contributed by atoms with Crippen molar-refractivity contribution in [2.75, 3.05) is 48.8 Å². The summed E-state index contributed by atoms with van der Waals surface area (Å²) in [5, 5.41) is 20.8. The average Bonchev–Trinajstić information content (AvgIpc) is 2.86. The van der Waals surface area contributed by atoms with Gasteiger partial charge in [-0.1, -0.05) is 6.92 Å². The number of nitrogens with two attached hydrogens (primary N) is 1. The molecule has 0 atom stereocenters. The van der Waals surface area contributed by atoms with E-state index in [0.29, 0.717) is 30.2 Å². The van der Waals surface area contributed by atoms with Gasteiger partial charge in [0.15, 0.2) is 11.7 Å². The topological polar surface area (TPSA) is 144 Å². The fourth-order valence-electron chi connectivity index (χ4n) is 4.57. The summed E-state index contributed by atoms with van der Waals surface area (Å²) in [5.74, 6) is 1.13. The first-order chi connectivity index (χ1) is 16.3. The average molecular weight is 463 g/mol. The fourth-order valence-corrected chi connectivity index (χ4v) is 4.57. The number of benzene rings is 1. The number of nitrogens with one attached hydrogen (secondary N) is 2. The first-order valence-corrected chi connectivity index (χ1v) is 11.4. The molecule has 10 nitrogen and oxygen atoms in total. The molecule has 34 heavy (non-hydrogen) atoms. The molecule has 1 amide bonds. The van der Waals surface area contributed by atoms with Gasteiger partial charge >= 0.3 is 6.09 Å². The van der Waals surface area contributed by atoms with Crippen LogP contribution in [0.25, 0.3) is 0 Å². The second-order valence-electron chi connectivity index (χ2n) is 9.16. The van der Waals surface area contributed by atoms with Crippen LogP contribution >= 0.6 is 0 Å². The van der Waals surface area contributed by atoms with Crippen LogP contribution in [0.1, 0.15) is 43.0 Å². The van der Waals surface area contributed by atoms with Crippen LogP contribution < -0.4 is 20.9 Å². The van der Waals surface area contributed by atoms with Gasteiger partial charge in [0.25, 0.3) is 0 Å². The molecule has 0 aliphatic carbocycles. The predicted molar refractivity (Wildman–Crippen MR) is 130 cm³/mol. The maximum Gasteiger partial charge on any atom is 0.406 e. The number of piperidine rings is 1. The molecule has 4 N–H and O–H groups in total. The molecule has 4 rings (SSSR count). The van der Waals surface area contributed by atoms with Crippen LogP contribution in [-0.4, -0.2) is 55.2 Å². The Bertz CT molecular complexity index is 1130. The Hall–Kier alpha value is -3.87. The summed E-state index contributed by atoms with van der Waals surface area (Å²) >= 11 is 0. The number of carbonyl (C=O) groups is 1. The number of fused-ring (bicyclic) bond motifs is 1. The van der Waals surface area contributed by atoms with Crippen LogP contribution in [0, 0.1) is 22.2 Å². The van der Waals surface area contributed by atoms with Crippen molar-refractivity contribution in [2.45, 2.75) is 32.6 Å². The molecule has 0 radical (unpaired) electrons. The van der Waals surface area contributed by atoms with Gasteiger partial charge in [0, 0.05) is 31.9 Å². The SMILES string of the molecule is COC(=O)NCC1(C)CCN(c2cnc(C(=N)N3CCCc4cc(C#N)ccc43)c(N)n2)CC1. The summed E-state index contributed by atoms with van der Waals surface area (Å²) in [7, 11) is 1.36. The Labute approximate surface area is 199 Å². The number of carbonyl (C=O) groups excluding carboxylic acids is 1. The predicted octanol–water partition coefficient (Wildman–Crippen LogP) is 2.67. The number of aryl methyl sites for hydroxylation is 1. The molecule has 10 heteroatoms. The van der Waals surface area contributed by atoms with E-state index in [9.17, 15) is 10.1 Å². The Morgan fingerprint density at radius 2 is 2.12 bits per heavy atom.